The molecule has 130 valence electrons. The number of halogens is 2. The van der Waals surface area contributed by atoms with Gasteiger partial charge < -0.3 is 15.2 Å². The van der Waals surface area contributed by atoms with E-state index in [-0.39, 0.29) is 22.9 Å². The predicted molar refractivity (Wildman–Crippen MR) is 82.7 cm³/mol. The Balaban J connectivity index is 2.00. The number of anilines is 1. The van der Waals surface area contributed by atoms with E-state index in [2.05, 4.69) is 20.4 Å². The minimum atomic E-state index is -1.23. The van der Waals surface area contributed by atoms with Gasteiger partial charge in [0.2, 0.25) is 5.88 Å². The second kappa shape index (κ2) is 6.30. The number of rotatable bonds is 5. The number of hydrogen-bond acceptors (Lipinski definition) is 6. The number of pyridine rings is 1. The summed E-state index contributed by atoms with van der Waals surface area (Å²) in [5.41, 5.74) is 0.171. The quantitative estimate of drug-likeness (QED) is 0.728. The molecule has 3 aromatic rings. The van der Waals surface area contributed by atoms with Crippen molar-refractivity contribution in [3.8, 4) is 5.88 Å². The van der Waals surface area contributed by atoms with Crippen molar-refractivity contribution in [2.75, 3.05) is 12.4 Å². The summed E-state index contributed by atoms with van der Waals surface area (Å²) in [4.78, 5) is 19.0. The average molecular weight is 349 g/mol. The first kappa shape index (κ1) is 16.6. The molecule has 0 aromatic carbocycles. The van der Waals surface area contributed by atoms with Crippen LogP contribution in [0.3, 0.4) is 0 Å². The number of ether oxygens (including phenoxy) is 1. The van der Waals surface area contributed by atoms with Gasteiger partial charge in [-0.05, 0) is 13.0 Å². The van der Waals surface area contributed by atoms with E-state index in [1.807, 2.05) is 0 Å². The number of methoxy groups -OCH3 is 1. The fourth-order valence-corrected chi connectivity index (χ4v) is 2.35. The smallest absolute Gasteiger partial charge is 0.341 e. The van der Waals surface area contributed by atoms with Crippen LogP contribution in [0.25, 0.3) is 5.65 Å². The molecule has 0 radical (unpaired) electrons. The van der Waals surface area contributed by atoms with E-state index in [1.54, 1.807) is 6.92 Å². The van der Waals surface area contributed by atoms with Crippen molar-refractivity contribution in [3.05, 3.63) is 47.4 Å². The molecule has 1 atom stereocenters. The number of carbonyl (C=O) groups is 1. The maximum Gasteiger partial charge on any atom is 0.341 e. The molecule has 0 fully saturated rings. The lowest BCUT2D eigenvalue weighted by molar-refractivity contribution is 0.0698. The van der Waals surface area contributed by atoms with Gasteiger partial charge in [-0.15, -0.1) is 0 Å². The van der Waals surface area contributed by atoms with Crippen molar-refractivity contribution in [1.29, 1.82) is 0 Å². The van der Waals surface area contributed by atoms with E-state index in [0.717, 1.165) is 23.1 Å². The summed E-state index contributed by atoms with van der Waals surface area (Å²) in [5, 5.41) is 15.6. The Morgan fingerprint density at radius 1 is 1.40 bits per heavy atom. The molecule has 0 unspecified atom stereocenters. The van der Waals surface area contributed by atoms with Crippen LogP contribution < -0.4 is 10.1 Å². The Kier molecular flexibility index (Phi) is 4.17. The van der Waals surface area contributed by atoms with Gasteiger partial charge in [0.25, 0.3) is 0 Å². The standard InChI is InChI=1S/C15H13F2N5O3/c1-7(9-3-8(16)4-18-14(9)25-2)20-12-11(17)6-22-13(21-12)10(5-19-22)15(23)24/h3-7H,1-2H3,(H,20,21)(H,23,24)/t7-/m1/s1. The summed E-state index contributed by atoms with van der Waals surface area (Å²) in [7, 11) is 1.38. The van der Waals surface area contributed by atoms with Crippen LogP contribution in [0.5, 0.6) is 5.88 Å². The van der Waals surface area contributed by atoms with Crippen molar-refractivity contribution in [3.63, 3.8) is 0 Å². The second-order valence-corrected chi connectivity index (χ2v) is 5.19. The number of carboxylic acids is 1. The maximum absolute atomic E-state index is 14.2. The van der Waals surface area contributed by atoms with E-state index in [1.165, 1.54) is 13.2 Å². The van der Waals surface area contributed by atoms with Crippen molar-refractivity contribution in [2.45, 2.75) is 13.0 Å². The molecular formula is C15H13F2N5O3. The van der Waals surface area contributed by atoms with Gasteiger partial charge in [0.1, 0.15) is 11.4 Å². The zero-order valence-electron chi connectivity index (χ0n) is 13.2. The molecule has 0 saturated heterocycles. The lowest BCUT2D eigenvalue weighted by atomic mass is 10.1. The minimum Gasteiger partial charge on any atom is -0.481 e. The highest BCUT2D eigenvalue weighted by Gasteiger charge is 2.19. The fourth-order valence-electron chi connectivity index (χ4n) is 2.35. The first-order chi connectivity index (χ1) is 11.9. The molecule has 0 aliphatic rings. The van der Waals surface area contributed by atoms with Crippen molar-refractivity contribution >= 4 is 17.4 Å². The first-order valence-corrected chi connectivity index (χ1v) is 7.14. The zero-order chi connectivity index (χ0) is 18.1. The molecule has 0 aliphatic carbocycles. The molecule has 8 nitrogen and oxygen atoms in total. The van der Waals surface area contributed by atoms with Gasteiger partial charge in [-0.2, -0.15) is 5.10 Å². The number of nitrogens with one attached hydrogen (secondary N) is 1. The Morgan fingerprint density at radius 2 is 2.16 bits per heavy atom. The Labute approximate surface area is 140 Å². The summed E-state index contributed by atoms with van der Waals surface area (Å²) in [6.07, 6.45) is 3.09. The van der Waals surface area contributed by atoms with E-state index in [9.17, 15) is 13.6 Å². The summed E-state index contributed by atoms with van der Waals surface area (Å²) in [6, 6.07) is 0.598. The molecule has 0 spiro atoms. The van der Waals surface area contributed by atoms with Crippen LogP contribution in [-0.4, -0.2) is 37.8 Å². The monoisotopic (exact) mass is 349 g/mol. The van der Waals surface area contributed by atoms with E-state index < -0.39 is 23.6 Å². The van der Waals surface area contributed by atoms with Crippen molar-refractivity contribution in [1.82, 2.24) is 19.6 Å². The van der Waals surface area contributed by atoms with E-state index in [4.69, 9.17) is 9.84 Å². The number of fused-ring (bicyclic) bond motifs is 1. The Hall–Kier alpha value is -3.30. The Morgan fingerprint density at radius 3 is 2.84 bits per heavy atom. The minimum absolute atomic E-state index is 0.0204. The highest BCUT2D eigenvalue weighted by molar-refractivity contribution is 5.94. The molecule has 3 aromatic heterocycles. The van der Waals surface area contributed by atoms with Gasteiger partial charge >= 0.3 is 5.97 Å². The van der Waals surface area contributed by atoms with E-state index in [0.29, 0.717) is 5.56 Å². The molecule has 3 heterocycles. The topological polar surface area (TPSA) is 102 Å². The normalized spacial score (nSPS) is 12.2. The van der Waals surface area contributed by atoms with Gasteiger partial charge in [-0.1, -0.05) is 0 Å². The summed E-state index contributed by atoms with van der Waals surface area (Å²) < 4.78 is 33.8. The largest absolute Gasteiger partial charge is 0.481 e. The van der Waals surface area contributed by atoms with Crippen LogP contribution in [0, 0.1) is 11.6 Å². The third-order valence-corrected chi connectivity index (χ3v) is 3.54. The molecule has 25 heavy (non-hydrogen) atoms. The number of carboxylic acid groups (broad SMARTS) is 1. The molecule has 3 rings (SSSR count). The highest BCUT2D eigenvalue weighted by Crippen LogP contribution is 2.27. The van der Waals surface area contributed by atoms with Gasteiger partial charge in [0, 0.05) is 5.56 Å². The molecular weight excluding hydrogens is 336 g/mol. The number of aromatic carboxylic acids is 1. The average Bonchev–Trinajstić information content (AvgIpc) is 2.97. The van der Waals surface area contributed by atoms with Gasteiger partial charge in [0.15, 0.2) is 17.3 Å². The van der Waals surface area contributed by atoms with Crippen LogP contribution in [0.15, 0.2) is 24.7 Å². The van der Waals surface area contributed by atoms with Gasteiger partial charge in [0.05, 0.1) is 31.7 Å². The first-order valence-electron chi connectivity index (χ1n) is 7.14. The molecule has 0 amide bonds. The lowest BCUT2D eigenvalue weighted by Gasteiger charge is -2.17. The third-order valence-electron chi connectivity index (χ3n) is 3.54. The molecule has 0 saturated carbocycles. The predicted octanol–water partition coefficient (Wildman–Crippen LogP) is 2.28. The van der Waals surface area contributed by atoms with Crippen LogP contribution >= 0.6 is 0 Å². The molecule has 2 N–H and O–H groups in total. The van der Waals surface area contributed by atoms with Crippen LogP contribution in [0.4, 0.5) is 14.6 Å². The number of aromatic nitrogens is 4. The lowest BCUT2D eigenvalue weighted by Crippen LogP contribution is -2.13. The number of nitrogens with zero attached hydrogens (tertiary/aromatic N) is 4. The summed E-state index contributed by atoms with van der Waals surface area (Å²) >= 11 is 0. The van der Waals surface area contributed by atoms with Crippen molar-refractivity contribution in [2.24, 2.45) is 0 Å². The molecule has 0 bridgehead atoms. The van der Waals surface area contributed by atoms with Crippen LogP contribution in [-0.2, 0) is 0 Å². The van der Waals surface area contributed by atoms with Crippen molar-refractivity contribution < 1.29 is 23.4 Å². The summed E-state index contributed by atoms with van der Waals surface area (Å²) in [6.45, 7) is 1.64. The molecule has 10 heteroatoms. The molecule has 0 aliphatic heterocycles. The van der Waals surface area contributed by atoms with E-state index >= 15 is 0 Å². The van der Waals surface area contributed by atoms with Crippen LogP contribution in [0.1, 0.15) is 28.9 Å². The van der Waals surface area contributed by atoms with Gasteiger partial charge in [-0.3, -0.25) is 0 Å². The fraction of sp³-hybridized carbons (Fsp3) is 0.200. The number of hydrogen-bond donors (Lipinski definition) is 2. The SMILES string of the molecule is COc1ncc(F)cc1[C@@H](C)Nc1nc2c(C(=O)O)cnn2cc1F. The second-order valence-electron chi connectivity index (χ2n) is 5.19. The maximum atomic E-state index is 14.2. The third kappa shape index (κ3) is 3.05. The summed E-state index contributed by atoms with van der Waals surface area (Å²) in [5.74, 6) is -2.57. The Bertz CT molecular complexity index is 960. The zero-order valence-corrected chi connectivity index (χ0v) is 13.2. The van der Waals surface area contributed by atoms with Crippen LogP contribution in [0.2, 0.25) is 0 Å². The van der Waals surface area contributed by atoms with Gasteiger partial charge in [-0.25, -0.2) is 28.1 Å². The highest BCUT2D eigenvalue weighted by atomic mass is 19.1.